The van der Waals surface area contributed by atoms with Crippen molar-refractivity contribution >= 4 is 23.5 Å². The zero-order valence-electron chi connectivity index (χ0n) is 18.2. The summed E-state index contributed by atoms with van der Waals surface area (Å²) in [5.74, 6) is -1.91. The molecule has 0 radical (unpaired) electrons. The molecule has 170 valence electrons. The van der Waals surface area contributed by atoms with E-state index in [0.29, 0.717) is 13.0 Å². The van der Waals surface area contributed by atoms with Crippen LogP contribution in [0.5, 0.6) is 5.75 Å². The summed E-state index contributed by atoms with van der Waals surface area (Å²) in [6.07, 6.45) is 14.1. The Balaban J connectivity index is 1.96. The Hall–Kier alpha value is -1.62. The summed E-state index contributed by atoms with van der Waals surface area (Å²) >= 11 is 5.81. The largest absolute Gasteiger partial charge is 0.466 e. The van der Waals surface area contributed by atoms with E-state index in [2.05, 4.69) is 6.92 Å². The third kappa shape index (κ3) is 12.8. The monoisotopic (exact) mass is 442 g/mol. The number of ether oxygens (including phenoxy) is 2. The Kier molecular flexibility index (Phi) is 15.1. The molecule has 1 aromatic carbocycles. The number of hydrogen-bond acceptors (Lipinski definition) is 4. The van der Waals surface area contributed by atoms with Crippen LogP contribution in [0.4, 0.5) is 4.39 Å². The van der Waals surface area contributed by atoms with Crippen LogP contribution >= 0.6 is 11.6 Å². The molecule has 0 bridgehead atoms. The summed E-state index contributed by atoms with van der Waals surface area (Å²) in [6.45, 7) is 2.66. The van der Waals surface area contributed by atoms with E-state index in [1.54, 1.807) is 0 Å². The number of para-hydroxylation sites is 1. The van der Waals surface area contributed by atoms with Crippen LogP contribution in [0, 0.1) is 5.82 Å². The van der Waals surface area contributed by atoms with Gasteiger partial charge in [-0.1, -0.05) is 88.8 Å². The van der Waals surface area contributed by atoms with Gasteiger partial charge in [-0.15, -0.1) is 0 Å². The first-order valence-corrected chi connectivity index (χ1v) is 11.7. The van der Waals surface area contributed by atoms with Crippen molar-refractivity contribution in [3.8, 4) is 5.75 Å². The molecule has 6 heteroatoms. The summed E-state index contributed by atoms with van der Waals surface area (Å²) in [5.41, 5.74) is 0. The molecule has 0 aliphatic heterocycles. The molecule has 0 aromatic heterocycles. The zero-order chi connectivity index (χ0) is 22.0. The van der Waals surface area contributed by atoms with Crippen LogP contribution in [0.15, 0.2) is 18.2 Å². The van der Waals surface area contributed by atoms with E-state index in [1.165, 1.54) is 76.0 Å². The van der Waals surface area contributed by atoms with Crippen LogP contribution in [-0.4, -0.2) is 18.5 Å². The van der Waals surface area contributed by atoms with Crippen molar-refractivity contribution in [2.75, 3.05) is 6.61 Å². The molecule has 0 fully saturated rings. The van der Waals surface area contributed by atoms with Gasteiger partial charge in [-0.05, 0) is 25.0 Å². The predicted molar refractivity (Wildman–Crippen MR) is 118 cm³/mol. The standard InChI is InChI=1S/C24H36ClFO4/c1-2-3-4-5-6-7-8-9-10-11-12-19-29-22(27)17-14-18-23(28)30-24-20(25)15-13-16-21(24)26/h13,15-16H,2-12,14,17-19H2,1H3. The molecule has 0 aliphatic carbocycles. The molecule has 0 amide bonds. The summed E-state index contributed by atoms with van der Waals surface area (Å²) in [4.78, 5) is 23.5. The number of carbonyl (C=O) groups excluding carboxylic acids is 2. The third-order valence-corrected chi connectivity index (χ3v) is 5.21. The van der Waals surface area contributed by atoms with Crippen LogP contribution in [-0.2, 0) is 14.3 Å². The maximum Gasteiger partial charge on any atom is 0.311 e. The number of benzene rings is 1. The molecule has 0 N–H and O–H groups in total. The summed E-state index contributed by atoms with van der Waals surface area (Å²) in [6, 6.07) is 4.04. The van der Waals surface area contributed by atoms with Crippen molar-refractivity contribution in [2.45, 2.75) is 96.8 Å². The fraction of sp³-hybridized carbons (Fsp3) is 0.667. The van der Waals surface area contributed by atoms with Crippen LogP contribution in [0.2, 0.25) is 5.02 Å². The molecule has 0 unspecified atom stereocenters. The lowest BCUT2D eigenvalue weighted by Gasteiger charge is -2.07. The Morgan fingerprint density at radius 3 is 2.00 bits per heavy atom. The van der Waals surface area contributed by atoms with Crippen LogP contribution in [0.1, 0.15) is 96.8 Å². The fourth-order valence-corrected chi connectivity index (χ4v) is 3.35. The van der Waals surface area contributed by atoms with Crippen molar-refractivity contribution in [1.29, 1.82) is 0 Å². The molecule has 30 heavy (non-hydrogen) atoms. The van der Waals surface area contributed by atoms with Crippen molar-refractivity contribution in [2.24, 2.45) is 0 Å². The molecule has 4 nitrogen and oxygen atoms in total. The molecule has 0 saturated heterocycles. The predicted octanol–water partition coefficient (Wildman–Crippen LogP) is 7.41. The second-order valence-corrected chi connectivity index (χ2v) is 8.04. The minimum atomic E-state index is -0.692. The summed E-state index contributed by atoms with van der Waals surface area (Å²) in [7, 11) is 0. The average Bonchev–Trinajstić information content (AvgIpc) is 2.71. The van der Waals surface area contributed by atoms with Crippen molar-refractivity contribution < 1.29 is 23.5 Å². The van der Waals surface area contributed by atoms with Crippen LogP contribution < -0.4 is 4.74 Å². The minimum absolute atomic E-state index is 0.00178. The number of esters is 2. The van der Waals surface area contributed by atoms with Gasteiger partial charge in [0.15, 0.2) is 11.6 Å². The van der Waals surface area contributed by atoms with Gasteiger partial charge in [-0.2, -0.15) is 0 Å². The number of carbonyl (C=O) groups is 2. The zero-order valence-corrected chi connectivity index (χ0v) is 19.0. The SMILES string of the molecule is CCCCCCCCCCCCCOC(=O)CCCC(=O)Oc1c(F)cccc1Cl. The average molecular weight is 443 g/mol. The minimum Gasteiger partial charge on any atom is -0.466 e. The normalized spacial score (nSPS) is 10.8. The van der Waals surface area contributed by atoms with Crippen molar-refractivity contribution in [1.82, 2.24) is 0 Å². The van der Waals surface area contributed by atoms with Gasteiger partial charge in [0.05, 0.1) is 11.6 Å². The maximum atomic E-state index is 13.6. The van der Waals surface area contributed by atoms with Gasteiger partial charge in [-0.3, -0.25) is 9.59 Å². The second-order valence-electron chi connectivity index (χ2n) is 7.63. The van der Waals surface area contributed by atoms with E-state index >= 15 is 0 Å². The van der Waals surface area contributed by atoms with Crippen molar-refractivity contribution in [3.63, 3.8) is 0 Å². The molecule has 0 atom stereocenters. The molecule has 1 rings (SSSR count). The van der Waals surface area contributed by atoms with Gasteiger partial charge in [0.2, 0.25) is 0 Å². The van der Waals surface area contributed by atoms with Crippen LogP contribution in [0.25, 0.3) is 0 Å². The maximum absolute atomic E-state index is 13.6. The van der Waals surface area contributed by atoms with Gasteiger partial charge < -0.3 is 9.47 Å². The van der Waals surface area contributed by atoms with E-state index in [0.717, 1.165) is 12.8 Å². The second kappa shape index (κ2) is 17.1. The van der Waals surface area contributed by atoms with E-state index in [4.69, 9.17) is 21.1 Å². The number of rotatable bonds is 17. The molecule has 0 saturated carbocycles. The van der Waals surface area contributed by atoms with E-state index < -0.39 is 11.8 Å². The van der Waals surface area contributed by atoms with Gasteiger partial charge in [0.25, 0.3) is 0 Å². The van der Waals surface area contributed by atoms with Gasteiger partial charge in [0.1, 0.15) is 0 Å². The van der Waals surface area contributed by atoms with Gasteiger partial charge in [-0.25, -0.2) is 4.39 Å². The van der Waals surface area contributed by atoms with E-state index in [9.17, 15) is 14.0 Å². The quantitative estimate of drug-likeness (QED) is 0.143. The molecule has 1 aromatic rings. The topological polar surface area (TPSA) is 52.6 Å². The highest BCUT2D eigenvalue weighted by atomic mass is 35.5. The first-order chi connectivity index (χ1) is 14.5. The van der Waals surface area contributed by atoms with Crippen LogP contribution in [0.3, 0.4) is 0 Å². The Bertz CT molecular complexity index is 601. The number of halogens is 2. The lowest BCUT2D eigenvalue weighted by Crippen LogP contribution is -2.11. The summed E-state index contributed by atoms with van der Waals surface area (Å²) in [5, 5.41) is 0.0368. The first kappa shape index (κ1) is 26.4. The van der Waals surface area contributed by atoms with Crippen molar-refractivity contribution in [3.05, 3.63) is 29.0 Å². The Labute approximate surface area is 185 Å². The molecule has 0 spiro atoms. The number of hydrogen-bond donors (Lipinski definition) is 0. The molecule has 0 heterocycles. The molecular weight excluding hydrogens is 407 g/mol. The van der Waals surface area contributed by atoms with Gasteiger partial charge >= 0.3 is 11.9 Å². The lowest BCUT2D eigenvalue weighted by atomic mass is 10.1. The lowest BCUT2D eigenvalue weighted by molar-refractivity contribution is -0.144. The third-order valence-electron chi connectivity index (χ3n) is 4.91. The Morgan fingerprint density at radius 2 is 1.40 bits per heavy atom. The smallest absolute Gasteiger partial charge is 0.311 e. The highest BCUT2D eigenvalue weighted by molar-refractivity contribution is 6.32. The summed E-state index contributed by atoms with van der Waals surface area (Å²) < 4.78 is 23.7. The van der Waals surface area contributed by atoms with Gasteiger partial charge in [0, 0.05) is 12.8 Å². The molecular formula is C24H36ClFO4. The highest BCUT2D eigenvalue weighted by Crippen LogP contribution is 2.27. The number of unbranched alkanes of at least 4 members (excludes halogenated alkanes) is 10. The van der Waals surface area contributed by atoms with E-state index in [-0.39, 0.29) is 29.6 Å². The fourth-order valence-electron chi connectivity index (χ4n) is 3.15. The first-order valence-electron chi connectivity index (χ1n) is 11.3. The van der Waals surface area contributed by atoms with E-state index in [1.807, 2.05) is 0 Å². The molecule has 0 aliphatic rings. The highest BCUT2D eigenvalue weighted by Gasteiger charge is 2.14. The Morgan fingerprint density at radius 1 is 0.833 bits per heavy atom.